The van der Waals surface area contributed by atoms with E-state index in [1.54, 1.807) is 0 Å². The van der Waals surface area contributed by atoms with Crippen molar-refractivity contribution in [3.8, 4) is 0 Å². The second-order valence-electron chi connectivity index (χ2n) is 4.53. The summed E-state index contributed by atoms with van der Waals surface area (Å²) >= 11 is 0. The highest BCUT2D eigenvalue weighted by Gasteiger charge is 2.08. The smallest absolute Gasteiger partial charge is 0.121 e. The second-order valence-corrected chi connectivity index (χ2v) is 4.53. The number of H-pyrrole nitrogens is 1. The molecule has 0 amide bonds. The van der Waals surface area contributed by atoms with Gasteiger partial charge in [0.1, 0.15) is 5.82 Å². The molecule has 0 spiro atoms. The summed E-state index contributed by atoms with van der Waals surface area (Å²) in [5.41, 5.74) is 8.48. The summed E-state index contributed by atoms with van der Waals surface area (Å²) in [7, 11) is 0. The third kappa shape index (κ3) is 3.68. The SMILES string of the molecule is CCOCCN(CC)Cc1nc2ccc(N)cc2[nH]1. The van der Waals surface area contributed by atoms with Gasteiger partial charge in [-0.2, -0.15) is 0 Å². The lowest BCUT2D eigenvalue weighted by Crippen LogP contribution is -2.27. The van der Waals surface area contributed by atoms with Crippen LogP contribution in [-0.4, -0.2) is 41.2 Å². The zero-order valence-corrected chi connectivity index (χ0v) is 11.6. The number of nitrogens with two attached hydrogens (primary N) is 1. The molecule has 19 heavy (non-hydrogen) atoms. The summed E-state index contributed by atoms with van der Waals surface area (Å²) in [5, 5.41) is 0. The average Bonchev–Trinajstić information content (AvgIpc) is 2.79. The molecule has 0 aliphatic heterocycles. The van der Waals surface area contributed by atoms with Crippen LogP contribution in [-0.2, 0) is 11.3 Å². The highest BCUT2D eigenvalue weighted by atomic mass is 16.5. The minimum absolute atomic E-state index is 0.756. The Kier molecular flexibility index (Phi) is 4.76. The van der Waals surface area contributed by atoms with Crippen LogP contribution in [0.4, 0.5) is 5.69 Å². The summed E-state index contributed by atoms with van der Waals surface area (Å²) < 4.78 is 5.39. The Balaban J connectivity index is 2.02. The lowest BCUT2D eigenvalue weighted by Gasteiger charge is -2.18. The fourth-order valence-corrected chi connectivity index (χ4v) is 2.05. The van der Waals surface area contributed by atoms with E-state index in [0.29, 0.717) is 0 Å². The van der Waals surface area contributed by atoms with Crippen molar-refractivity contribution in [2.24, 2.45) is 0 Å². The van der Waals surface area contributed by atoms with Gasteiger partial charge in [-0.05, 0) is 31.7 Å². The molecule has 0 atom stereocenters. The number of fused-ring (bicyclic) bond motifs is 1. The lowest BCUT2D eigenvalue weighted by molar-refractivity contribution is 0.112. The number of anilines is 1. The lowest BCUT2D eigenvalue weighted by atomic mass is 10.3. The van der Waals surface area contributed by atoms with Crippen molar-refractivity contribution in [1.82, 2.24) is 14.9 Å². The number of aromatic amines is 1. The number of hydrogen-bond donors (Lipinski definition) is 2. The van der Waals surface area contributed by atoms with Gasteiger partial charge in [0.05, 0.1) is 24.2 Å². The van der Waals surface area contributed by atoms with Crippen molar-refractivity contribution in [3.05, 3.63) is 24.0 Å². The molecule has 2 rings (SSSR count). The summed E-state index contributed by atoms with van der Waals surface area (Å²) in [6, 6.07) is 5.74. The predicted octanol–water partition coefficient (Wildman–Crippen LogP) is 2.00. The van der Waals surface area contributed by atoms with Gasteiger partial charge in [-0.1, -0.05) is 6.92 Å². The molecule has 104 valence electrons. The zero-order valence-electron chi connectivity index (χ0n) is 11.6. The highest BCUT2D eigenvalue weighted by Crippen LogP contribution is 2.15. The maximum Gasteiger partial charge on any atom is 0.121 e. The number of imidazole rings is 1. The van der Waals surface area contributed by atoms with Crippen LogP contribution in [0.5, 0.6) is 0 Å². The normalized spacial score (nSPS) is 11.5. The van der Waals surface area contributed by atoms with Crippen LogP contribution in [0, 0.1) is 0 Å². The third-order valence-corrected chi connectivity index (χ3v) is 3.13. The summed E-state index contributed by atoms with van der Waals surface area (Å²) in [5.74, 6) is 0.971. The zero-order chi connectivity index (χ0) is 13.7. The number of ether oxygens (including phenoxy) is 1. The quantitative estimate of drug-likeness (QED) is 0.591. The van der Waals surface area contributed by atoms with E-state index in [9.17, 15) is 0 Å². The van der Waals surface area contributed by atoms with Crippen LogP contribution in [0.2, 0.25) is 0 Å². The largest absolute Gasteiger partial charge is 0.399 e. The van der Waals surface area contributed by atoms with Crippen LogP contribution >= 0.6 is 0 Å². The number of nitrogens with zero attached hydrogens (tertiary/aromatic N) is 2. The van der Waals surface area contributed by atoms with Crippen molar-refractivity contribution in [2.45, 2.75) is 20.4 Å². The van der Waals surface area contributed by atoms with Crippen molar-refractivity contribution in [1.29, 1.82) is 0 Å². The molecule has 5 nitrogen and oxygen atoms in total. The molecule has 0 aliphatic rings. The van der Waals surface area contributed by atoms with Crippen LogP contribution in [0.3, 0.4) is 0 Å². The first kappa shape index (κ1) is 13.8. The number of nitrogen functional groups attached to an aromatic ring is 1. The molecule has 3 N–H and O–H groups in total. The van der Waals surface area contributed by atoms with Gasteiger partial charge in [-0.15, -0.1) is 0 Å². The Morgan fingerprint density at radius 1 is 1.37 bits per heavy atom. The van der Waals surface area contributed by atoms with Crippen LogP contribution < -0.4 is 5.73 Å². The Bertz CT molecular complexity index is 523. The number of likely N-dealkylation sites (N-methyl/N-ethyl adjacent to an activating group) is 1. The molecule has 0 radical (unpaired) electrons. The van der Waals surface area contributed by atoms with E-state index < -0.39 is 0 Å². The van der Waals surface area contributed by atoms with E-state index in [4.69, 9.17) is 10.5 Å². The Morgan fingerprint density at radius 2 is 2.21 bits per heavy atom. The van der Waals surface area contributed by atoms with Gasteiger partial charge >= 0.3 is 0 Å². The molecular formula is C14H22N4O. The molecule has 1 aromatic carbocycles. The average molecular weight is 262 g/mol. The summed E-state index contributed by atoms with van der Waals surface area (Å²) in [6.07, 6.45) is 0. The van der Waals surface area contributed by atoms with Gasteiger partial charge in [0.25, 0.3) is 0 Å². The van der Waals surface area contributed by atoms with Crippen molar-refractivity contribution in [3.63, 3.8) is 0 Å². The van der Waals surface area contributed by atoms with E-state index in [1.165, 1.54) is 0 Å². The van der Waals surface area contributed by atoms with Crippen molar-refractivity contribution >= 4 is 16.7 Å². The first-order valence-corrected chi connectivity index (χ1v) is 6.77. The van der Waals surface area contributed by atoms with E-state index in [2.05, 4.69) is 21.8 Å². The molecule has 0 bridgehead atoms. The van der Waals surface area contributed by atoms with Gasteiger partial charge in [0, 0.05) is 18.8 Å². The maximum absolute atomic E-state index is 5.77. The van der Waals surface area contributed by atoms with Gasteiger partial charge in [-0.3, -0.25) is 4.90 Å². The standard InChI is InChI=1S/C14H22N4O/c1-3-18(7-8-19-4-2)10-14-16-12-6-5-11(15)9-13(12)17-14/h5-6,9H,3-4,7-8,10,15H2,1-2H3,(H,16,17). The number of nitrogens with one attached hydrogen (secondary N) is 1. The molecule has 0 aliphatic carbocycles. The fraction of sp³-hybridized carbons (Fsp3) is 0.500. The van der Waals surface area contributed by atoms with Crippen molar-refractivity contribution < 1.29 is 4.74 Å². The molecule has 0 unspecified atom stereocenters. The monoisotopic (exact) mass is 262 g/mol. The van der Waals surface area contributed by atoms with Crippen LogP contribution in [0.1, 0.15) is 19.7 Å². The number of aromatic nitrogens is 2. The van der Waals surface area contributed by atoms with Gasteiger partial charge in [0.15, 0.2) is 0 Å². The Labute approximate surface area is 113 Å². The topological polar surface area (TPSA) is 67.2 Å². The van der Waals surface area contributed by atoms with E-state index in [0.717, 1.165) is 55.4 Å². The minimum Gasteiger partial charge on any atom is -0.399 e. The van der Waals surface area contributed by atoms with E-state index >= 15 is 0 Å². The molecular weight excluding hydrogens is 240 g/mol. The first-order valence-electron chi connectivity index (χ1n) is 6.77. The molecule has 1 heterocycles. The number of benzene rings is 1. The number of hydrogen-bond acceptors (Lipinski definition) is 4. The van der Waals surface area contributed by atoms with E-state index in [-0.39, 0.29) is 0 Å². The van der Waals surface area contributed by atoms with Gasteiger partial charge < -0.3 is 15.5 Å². The van der Waals surface area contributed by atoms with Crippen LogP contribution in [0.15, 0.2) is 18.2 Å². The Hall–Kier alpha value is -1.59. The van der Waals surface area contributed by atoms with Crippen LogP contribution in [0.25, 0.3) is 11.0 Å². The summed E-state index contributed by atoms with van der Waals surface area (Å²) in [4.78, 5) is 10.2. The molecule has 0 saturated heterocycles. The van der Waals surface area contributed by atoms with Gasteiger partial charge in [-0.25, -0.2) is 4.98 Å². The van der Waals surface area contributed by atoms with Gasteiger partial charge in [0.2, 0.25) is 0 Å². The summed E-state index contributed by atoms with van der Waals surface area (Å²) in [6.45, 7) is 8.39. The second kappa shape index (κ2) is 6.54. The third-order valence-electron chi connectivity index (χ3n) is 3.13. The molecule has 0 fully saturated rings. The molecule has 2 aromatic rings. The first-order chi connectivity index (χ1) is 9.22. The molecule has 0 saturated carbocycles. The fourth-order valence-electron chi connectivity index (χ4n) is 2.05. The Morgan fingerprint density at radius 3 is 2.95 bits per heavy atom. The molecule has 5 heteroatoms. The predicted molar refractivity (Wildman–Crippen MR) is 78.0 cm³/mol. The van der Waals surface area contributed by atoms with Crippen molar-refractivity contribution in [2.75, 3.05) is 32.0 Å². The number of rotatable bonds is 7. The van der Waals surface area contributed by atoms with E-state index in [1.807, 2.05) is 25.1 Å². The molecule has 1 aromatic heterocycles. The minimum atomic E-state index is 0.756. The maximum atomic E-state index is 5.77. The highest BCUT2D eigenvalue weighted by molar-refractivity contribution is 5.78.